The lowest BCUT2D eigenvalue weighted by atomic mass is 10.1. The Bertz CT molecular complexity index is 2230. The summed E-state index contributed by atoms with van der Waals surface area (Å²) in [7, 11) is -8.37. The van der Waals surface area contributed by atoms with Crippen molar-refractivity contribution in [1.29, 1.82) is 0 Å². The summed E-state index contributed by atoms with van der Waals surface area (Å²) in [6.07, 6.45) is 14.6. The first kappa shape index (κ1) is 47.9. The van der Waals surface area contributed by atoms with Gasteiger partial charge in [0.2, 0.25) is 0 Å². The normalized spacial score (nSPS) is 27.7. The average molecular weight is 892 g/mol. The third kappa shape index (κ3) is 12.6. The number of allylic oxidation sites excluding steroid dienone is 2. The second kappa shape index (κ2) is 19.7. The number of rotatable bonds is 1. The number of halogens is 1. The van der Waals surface area contributed by atoms with Gasteiger partial charge in [0.1, 0.15) is 16.7 Å². The molecule has 328 valence electrons. The summed E-state index contributed by atoms with van der Waals surface area (Å²) in [6, 6.07) is 11.1. The predicted molar refractivity (Wildman–Crippen MR) is 226 cm³/mol. The molecule has 5 amide bonds. The van der Waals surface area contributed by atoms with E-state index in [1.807, 2.05) is 29.0 Å². The molecule has 0 radical (unpaired) electrons. The highest BCUT2D eigenvalue weighted by Gasteiger charge is 2.61. The number of carbonyl (C=O) groups excluding carboxylic acids is 5. The Morgan fingerprint density at radius 1 is 0.717 bits per heavy atom. The van der Waals surface area contributed by atoms with Crippen LogP contribution < -0.4 is 31.1 Å². The fourth-order valence-electron chi connectivity index (χ4n) is 6.69. The van der Waals surface area contributed by atoms with E-state index in [0.717, 1.165) is 51.4 Å². The minimum atomic E-state index is -4.28. The van der Waals surface area contributed by atoms with Crippen molar-refractivity contribution in [3.8, 4) is 0 Å². The number of alkyl carbamates (subject to hydrolysis) is 1. The van der Waals surface area contributed by atoms with Crippen LogP contribution in [0.4, 0.5) is 4.79 Å². The van der Waals surface area contributed by atoms with Gasteiger partial charge in [-0.05, 0) is 109 Å². The maximum absolute atomic E-state index is 13.1. The molecule has 6 rings (SSSR count). The molecule has 0 unspecified atom stereocenters. The van der Waals surface area contributed by atoms with Crippen LogP contribution in [0.1, 0.15) is 106 Å². The van der Waals surface area contributed by atoms with E-state index in [2.05, 4.69) is 20.7 Å². The molecule has 0 spiro atoms. The van der Waals surface area contributed by atoms with Crippen LogP contribution in [0.3, 0.4) is 0 Å². The molecule has 16 nitrogen and oxygen atoms in total. The molecule has 19 heteroatoms. The molecule has 2 saturated carbocycles. The zero-order valence-corrected chi connectivity index (χ0v) is 36.4. The predicted octanol–water partition coefficient (Wildman–Crippen LogP) is 4.13. The van der Waals surface area contributed by atoms with Gasteiger partial charge in [-0.2, -0.15) is 0 Å². The molecular weight excluding hydrogens is 836 g/mol. The van der Waals surface area contributed by atoms with Crippen molar-refractivity contribution in [3.05, 3.63) is 84.0 Å². The SMILES string of the molecule is CC(C)(C)OC(=O)N[C@]12C[C@H]1/C=C\CCCCCNC(=O)c1cccc(c1)S(=O)(=O)NC2=O.Cl.N[C@]12C[C@H]1/C=C\CCCCCNC(=O)c1cccc(c1)S(=O)(=O)NC2=O. The van der Waals surface area contributed by atoms with E-state index in [4.69, 9.17) is 10.5 Å². The monoisotopic (exact) mass is 890 g/mol. The molecule has 2 aliphatic carbocycles. The third-order valence-corrected chi connectivity index (χ3v) is 13.0. The van der Waals surface area contributed by atoms with Crippen LogP contribution in [-0.2, 0) is 34.4 Å². The minimum Gasteiger partial charge on any atom is -0.444 e. The van der Waals surface area contributed by atoms with Crippen molar-refractivity contribution in [2.75, 3.05) is 13.1 Å². The van der Waals surface area contributed by atoms with Crippen LogP contribution in [0.5, 0.6) is 0 Å². The summed E-state index contributed by atoms with van der Waals surface area (Å²) in [4.78, 5) is 62.1. The second-order valence-electron chi connectivity index (χ2n) is 16.3. The highest BCUT2D eigenvalue weighted by atomic mass is 35.5. The zero-order valence-electron chi connectivity index (χ0n) is 34.0. The van der Waals surface area contributed by atoms with Gasteiger partial charge in [-0.1, -0.05) is 49.3 Å². The molecule has 4 aliphatic rings. The van der Waals surface area contributed by atoms with E-state index in [1.54, 1.807) is 20.8 Å². The van der Waals surface area contributed by atoms with Crippen LogP contribution in [0.2, 0.25) is 0 Å². The molecule has 2 aromatic carbocycles. The highest BCUT2D eigenvalue weighted by Crippen LogP contribution is 2.46. The first-order valence-electron chi connectivity index (χ1n) is 19.8. The van der Waals surface area contributed by atoms with Crippen molar-refractivity contribution < 1.29 is 45.5 Å². The summed E-state index contributed by atoms with van der Waals surface area (Å²) in [5, 5.41) is 8.15. The van der Waals surface area contributed by atoms with Gasteiger partial charge in [0.05, 0.1) is 9.79 Å². The fraction of sp³-hybridized carbons (Fsp3) is 0.488. The van der Waals surface area contributed by atoms with Crippen LogP contribution in [0.25, 0.3) is 0 Å². The van der Waals surface area contributed by atoms with Gasteiger partial charge < -0.3 is 26.4 Å². The molecule has 2 fully saturated rings. The number of sulfonamides is 2. The number of ether oxygens (including phenoxy) is 1. The number of hydrogen-bond acceptors (Lipinski definition) is 11. The van der Waals surface area contributed by atoms with Crippen molar-refractivity contribution in [2.45, 2.75) is 111 Å². The van der Waals surface area contributed by atoms with E-state index >= 15 is 0 Å². The Labute approximate surface area is 357 Å². The van der Waals surface area contributed by atoms with Crippen molar-refractivity contribution >= 4 is 62.2 Å². The van der Waals surface area contributed by atoms with Crippen LogP contribution >= 0.6 is 12.4 Å². The minimum absolute atomic E-state index is 0. The van der Waals surface area contributed by atoms with Gasteiger partial charge in [-0.15, -0.1) is 12.4 Å². The summed E-state index contributed by atoms with van der Waals surface area (Å²) in [5.41, 5.74) is 3.09. The number of hydrogen-bond donors (Lipinski definition) is 6. The zero-order chi connectivity index (χ0) is 43.1. The van der Waals surface area contributed by atoms with Crippen LogP contribution in [0.15, 0.2) is 82.6 Å². The first-order valence-corrected chi connectivity index (χ1v) is 22.8. The Balaban J connectivity index is 0.000000267. The Morgan fingerprint density at radius 2 is 1.20 bits per heavy atom. The number of amides is 5. The van der Waals surface area contributed by atoms with Gasteiger partial charge in [0, 0.05) is 36.1 Å². The molecular formula is C41H55ClN6O10S2. The molecule has 4 bridgehead atoms. The molecule has 0 aromatic heterocycles. The van der Waals surface area contributed by atoms with E-state index in [-0.39, 0.29) is 63.4 Å². The Morgan fingerprint density at radius 3 is 1.70 bits per heavy atom. The molecule has 60 heavy (non-hydrogen) atoms. The summed E-state index contributed by atoms with van der Waals surface area (Å²) >= 11 is 0. The highest BCUT2D eigenvalue weighted by molar-refractivity contribution is 7.90. The molecule has 4 atom stereocenters. The Hall–Kier alpha value is -4.78. The largest absolute Gasteiger partial charge is 0.444 e. The van der Waals surface area contributed by atoms with Crippen molar-refractivity contribution in [3.63, 3.8) is 0 Å². The summed E-state index contributed by atoms with van der Waals surface area (Å²) in [6.45, 7) is 6.12. The molecule has 2 aliphatic heterocycles. The van der Waals surface area contributed by atoms with Gasteiger partial charge in [0.25, 0.3) is 43.7 Å². The van der Waals surface area contributed by atoms with Gasteiger partial charge in [-0.3, -0.25) is 19.2 Å². The smallest absolute Gasteiger partial charge is 0.408 e. The maximum atomic E-state index is 13.1. The van der Waals surface area contributed by atoms with E-state index < -0.39 is 54.6 Å². The summed E-state index contributed by atoms with van der Waals surface area (Å²) < 4.78 is 60.3. The van der Waals surface area contributed by atoms with E-state index in [0.29, 0.717) is 19.5 Å². The lowest BCUT2D eigenvalue weighted by Crippen LogP contribution is -2.52. The maximum Gasteiger partial charge on any atom is 0.408 e. The lowest BCUT2D eigenvalue weighted by Gasteiger charge is -2.23. The number of nitrogens with one attached hydrogen (secondary N) is 5. The number of carbonyl (C=O) groups is 5. The standard InChI is InChI=1S/C23H31N3O6S.C18H23N3O4S.ClH/c1-22(2,3)32-21(29)25-23-15-17(23)11-7-5-4-6-8-13-24-19(27)16-10-9-12-18(14-16)33(30,31)26-20(23)28;19-18-12-14(18)8-4-2-1-3-5-10-20-16(22)13-7-6-9-15(11-13)26(24,25)21-17(18)23;/h7,9-12,14,17H,4-6,8,13,15H2,1-3H3,(H,24,27)(H,25,29)(H,26,28);4,6-9,11,14H,1-3,5,10,12,19H2,(H,20,22)(H,21,23);1H/b11-7-;8-4-;/t17-,23-;14-,18-;/m11./s1. The third-order valence-electron chi connectivity index (χ3n) is 10.3. The van der Waals surface area contributed by atoms with Crippen LogP contribution in [0, 0.1) is 11.8 Å². The van der Waals surface area contributed by atoms with Gasteiger partial charge in [-0.25, -0.2) is 31.1 Å². The topological polar surface area (TPSA) is 249 Å². The summed E-state index contributed by atoms with van der Waals surface area (Å²) in [5.74, 6) is -2.79. The Kier molecular flexibility index (Phi) is 15.8. The van der Waals surface area contributed by atoms with E-state index in [1.165, 1.54) is 48.5 Å². The molecule has 7 N–H and O–H groups in total. The fourth-order valence-corrected chi connectivity index (χ4v) is 8.86. The quantitative estimate of drug-likeness (QED) is 0.222. The van der Waals surface area contributed by atoms with Crippen LogP contribution in [-0.4, -0.2) is 76.3 Å². The van der Waals surface area contributed by atoms with Crippen molar-refractivity contribution in [2.24, 2.45) is 17.6 Å². The molecule has 2 heterocycles. The number of fused-ring (bicyclic) bond motifs is 6. The van der Waals surface area contributed by atoms with Crippen molar-refractivity contribution in [1.82, 2.24) is 25.4 Å². The molecule has 2 aromatic rings. The number of nitrogens with two attached hydrogens (primary N) is 1. The van der Waals surface area contributed by atoms with E-state index in [9.17, 15) is 40.8 Å². The van der Waals surface area contributed by atoms with Gasteiger partial charge >= 0.3 is 6.09 Å². The van der Waals surface area contributed by atoms with Gasteiger partial charge in [0.15, 0.2) is 0 Å². The molecule has 0 saturated heterocycles. The second-order valence-corrected chi connectivity index (χ2v) is 19.6. The lowest BCUT2D eigenvalue weighted by molar-refractivity contribution is -0.123. The first-order chi connectivity index (χ1) is 27.8. The average Bonchev–Trinajstić information content (AvgIpc) is 4.06. The number of benzene rings is 2.